The molecule has 1 aliphatic rings. The van der Waals surface area contributed by atoms with Crippen molar-refractivity contribution in [3.05, 3.63) is 143 Å². The zero-order valence-electron chi connectivity index (χ0n) is 30.4. The number of hydrogen-bond donors (Lipinski definition) is 3. The van der Waals surface area contributed by atoms with E-state index in [1.54, 1.807) is 21.3 Å². The number of benzene rings is 6. The number of rotatable bonds is 6. The molecule has 0 fully saturated rings. The number of methoxy groups -OCH3 is 3. The van der Waals surface area contributed by atoms with E-state index in [9.17, 15) is 15.3 Å². The van der Waals surface area contributed by atoms with Gasteiger partial charge in [-0.1, -0.05) is 36.4 Å². The fraction of sp³-hybridized carbons (Fsp3) is 0.200. The van der Waals surface area contributed by atoms with E-state index in [0.717, 1.165) is 50.6 Å². The van der Waals surface area contributed by atoms with Crippen molar-refractivity contribution in [3.8, 4) is 67.9 Å². The normalized spacial score (nSPS) is 13.4. The first-order valence-electron chi connectivity index (χ1n) is 17.5. The molecule has 0 saturated heterocycles. The van der Waals surface area contributed by atoms with E-state index < -0.39 is 0 Å². The second-order valence-electron chi connectivity index (χ2n) is 13.1. The highest BCUT2D eigenvalue weighted by Gasteiger charge is 2.18. The summed E-state index contributed by atoms with van der Waals surface area (Å²) in [6.07, 6.45) is 0. The summed E-state index contributed by atoms with van der Waals surface area (Å²) in [5, 5.41) is 34.6. The van der Waals surface area contributed by atoms with E-state index >= 15 is 0 Å². The highest BCUT2D eigenvalue weighted by Crippen LogP contribution is 2.37. The minimum Gasteiger partial charge on any atom is -0.507 e. The standard InChI is InChI=1S/C45H42O9/c1-49-40-10-4-28(5-11-40)31-16-34-22-52-24-36-18-32(29-6-12-41(50-2)13-7-29)20-38(44(36)47)26-54-27-39-21-33(30-8-14-42(51-3)15-9-30)19-37(45(39)48)25-53-23-35(17-31)43(34)46/h4-21,46-48H,22-27H2,1-3H3. The highest BCUT2D eigenvalue weighted by atomic mass is 16.5. The maximum atomic E-state index is 11.5. The average molecular weight is 727 g/mol. The van der Waals surface area contributed by atoms with Crippen LogP contribution in [0.1, 0.15) is 33.4 Å². The molecule has 276 valence electrons. The molecule has 3 N–H and O–H groups in total. The van der Waals surface area contributed by atoms with E-state index in [0.29, 0.717) is 33.4 Å². The molecule has 6 aromatic carbocycles. The van der Waals surface area contributed by atoms with Gasteiger partial charge in [-0.2, -0.15) is 0 Å². The van der Waals surface area contributed by atoms with Crippen molar-refractivity contribution in [1.82, 2.24) is 0 Å². The summed E-state index contributed by atoms with van der Waals surface area (Å²) in [4.78, 5) is 0. The van der Waals surface area contributed by atoms with Gasteiger partial charge in [0.25, 0.3) is 0 Å². The summed E-state index contributed by atoms with van der Waals surface area (Å²) < 4.78 is 34.7. The molecule has 9 heteroatoms. The number of phenolic OH excluding ortho intramolecular Hbond substituents is 3. The van der Waals surface area contributed by atoms with Crippen molar-refractivity contribution in [2.75, 3.05) is 21.3 Å². The number of ether oxygens (including phenoxy) is 6. The zero-order chi connectivity index (χ0) is 37.6. The van der Waals surface area contributed by atoms with E-state index in [2.05, 4.69) is 0 Å². The van der Waals surface area contributed by atoms with Crippen LogP contribution in [0.25, 0.3) is 33.4 Å². The quantitative estimate of drug-likeness (QED) is 0.154. The van der Waals surface area contributed by atoms with Gasteiger partial charge in [-0.05, 0) is 106 Å². The molecule has 54 heavy (non-hydrogen) atoms. The van der Waals surface area contributed by atoms with E-state index in [4.69, 9.17) is 28.4 Å². The van der Waals surface area contributed by atoms with Gasteiger partial charge in [-0.25, -0.2) is 0 Å². The zero-order valence-corrected chi connectivity index (χ0v) is 30.4. The number of hydrogen-bond acceptors (Lipinski definition) is 9. The molecule has 0 saturated carbocycles. The van der Waals surface area contributed by atoms with Gasteiger partial charge in [0, 0.05) is 33.4 Å². The summed E-state index contributed by atoms with van der Waals surface area (Å²) in [6.45, 7) is 0.386. The van der Waals surface area contributed by atoms with Crippen LogP contribution < -0.4 is 14.2 Å². The lowest BCUT2D eigenvalue weighted by Crippen LogP contribution is -2.04. The van der Waals surface area contributed by atoms with Crippen LogP contribution in [0.5, 0.6) is 34.5 Å². The Bertz CT molecular complexity index is 1900. The van der Waals surface area contributed by atoms with Gasteiger partial charge in [0.05, 0.1) is 61.0 Å². The van der Waals surface area contributed by atoms with Crippen LogP contribution in [0.4, 0.5) is 0 Å². The Morgan fingerprint density at radius 3 is 0.722 bits per heavy atom. The summed E-state index contributed by atoms with van der Waals surface area (Å²) in [6, 6.07) is 34.4. The van der Waals surface area contributed by atoms with Crippen LogP contribution in [0.15, 0.2) is 109 Å². The molecule has 0 unspecified atom stereocenters. The first kappa shape index (κ1) is 36.4. The second-order valence-corrected chi connectivity index (χ2v) is 13.1. The largest absolute Gasteiger partial charge is 0.507 e. The minimum atomic E-state index is 0.0515. The van der Waals surface area contributed by atoms with Gasteiger partial charge < -0.3 is 43.7 Å². The average Bonchev–Trinajstić information content (AvgIpc) is 3.21. The van der Waals surface area contributed by atoms with Crippen LogP contribution in [0, 0.1) is 0 Å². The molecule has 6 bridgehead atoms. The molecule has 0 amide bonds. The number of phenols is 3. The Morgan fingerprint density at radius 2 is 0.537 bits per heavy atom. The van der Waals surface area contributed by atoms with Crippen LogP contribution in [0.3, 0.4) is 0 Å². The van der Waals surface area contributed by atoms with E-state index in [-0.39, 0.29) is 56.9 Å². The van der Waals surface area contributed by atoms with Crippen molar-refractivity contribution in [3.63, 3.8) is 0 Å². The first-order chi connectivity index (χ1) is 26.3. The Hall–Kier alpha value is -6.00. The van der Waals surface area contributed by atoms with Crippen molar-refractivity contribution in [2.45, 2.75) is 39.6 Å². The van der Waals surface area contributed by atoms with Gasteiger partial charge in [-0.3, -0.25) is 0 Å². The van der Waals surface area contributed by atoms with Gasteiger partial charge in [-0.15, -0.1) is 0 Å². The Labute approximate surface area is 314 Å². The SMILES string of the molecule is COc1ccc(-c2cc3c(O)c(c2)COCc2cc(-c4ccc(OC)cc4)cc(c2O)COCc2cc(-c4ccc(OC)cc4)cc(c2O)COC3)cc1. The number of aromatic hydroxyl groups is 3. The molecule has 1 heterocycles. The predicted molar refractivity (Wildman–Crippen MR) is 206 cm³/mol. The fourth-order valence-electron chi connectivity index (χ4n) is 6.60. The maximum Gasteiger partial charge on any atom is 0.126 e. The Morgan fingerprint density at radius 1 is 0.333 bits per heavy atom. The predicted octanol–water partition coefficient (Wildman–Crippen LogP) is 9.29. The third-order valence-corrected chi connectivity index (χ3v) is 9.62. The highest BCUT2D eigenvalue weighted by molar-refractivity contribution is 5.70. The van der Waals surface area contributed by atoms with Gasteiger partial charge in [0.15, 0.2) is 0 Å². The summed E-state index contributed by atoms with van der Waals surface area (Å²) in [5.41, 5.74) is 8.69. The van der Waals surface area contributed by atoms with Crippen molar-refractivity contribution in [1.29, 1.82) is 0 Å². The van der Waals surface area contributed by atoms with Crippen LogP contribution in [0.2, 0.25) is 0 Å². The third-order valence-electron chi connectivity index (χ3n) is 9.62. The fourth-order valence-corrected chi connectivity index (χ4v) is 6.60. The Kier molecular flexibility index (Phi) is 11.0. The molecule has 0 spiro atoms. The van der Waals surface area contributed by atoms with Crippen molar-refractivity contribution < 1.29 is 43.7 Å². The molecular formula is C45H42O9. The number of fused-ring (bicyclic) bond motifs is 6. The lowest BCUT2D eigenvalue weighted by Gasteiger charge is -2.18. The lowest BCUT2D eigenvalue weighted by molar-refractivity contribution is 0.0932. The molecule has 7 rings (SSSR count). The van der Waals surface area contributed by atoms with Crippen LogP contribution in [-0.4, -0.2) is 36.6 Å². The second kappa shape index (κ2) is 16.3. The minimum absolute atomic E-state index is 0.0515. The molecule has 1 aliphatic heterocycles. The molecule has 9 nitrogen and oxygen atoms in total. The third kappa shape index (κ3) is 7.99. The summed E-state index contributed by atoms with van der Waals surface area (Å²) in [5.74, 6) is 2.35. The summed E-state index contributed by atoms with van der Waals surface area (Å²) >= 11 is 0. The van der Waals surface area contributed by atoms with Crippen LogP contribution >= 0.6 is 0 Å². The maximum absolute atomic E-state index is 11.5. The summed E-state index contributed by atoms with van der Waals surface area (Å²) in [7, 11) is 4.87. The first-order valence-corrected chi connectivity index (χ1v) is 17.5. The van der Waals surface area contributed by atoms with Gasteiger partial charge >= 0.3 is 0 Å². The van der Waals surface area contributed by atoms with E-state index in [1.807, 2.05) is 109 Å². The van der Waals surface area contributed by atoms with Crippen molar-refractivity contribution in [2.24, 2.45) is 0 Å². The lowest BCUT2D eigenvalue weighted by atomic mass is 9.98. The Balaban J connectivity index is 1.31. The van der Waals surface area contributed by atoms with Crippen LogP contribution in [-0.2, 0) is 53.9 Å². The smallest absolute Gasteiger partial charge is 0.126 e. The van der Waals surface area contributed by atoms with Crippen molar-refractivity contribution >= 4 is 0 Å². The van der Waals surface area contributed by atoms with Gasteiger partial charge in [0.1, 0.15) is 34.5 Å². The molecule has 0 aromatic heterocycles. The molecule has 0 atom stereocenters. The topological polar surface area (TPSA) is 116 Å². The molecular weight excluding hydrogens is 684 g/mol. The molecule has 0 radical (unpaired) electrons. The molecule has 0 aliphatic carbocycles. The molecule has 6 aromatic rings. The van der Waals surface area contributed by atoms with E-state index in [1.165, 1.54) is 0 Å². The monoisotopic (exact) mass is 726 g/mol. The van der Waals surface area contributed by atoms with Gasteiger partial charge in [0.2, 0.25) is 0 Å².